The molecule has 0 heterocycles. The van der Waals surface area contributed by atoms with Crippen LogP contribution in [-0.4, -0.2) is 38.3 Å². The first-order valence-electron chi connectivity index (χ1n) is 10.6. The second kappa shape index (κ2) is 10.7. The number of hydrazine groups is 1. The maximum atomic E-state index is 12.2. The second-order valence-electron chi connectivity index (χ2n) is 7.15. The number of hydrazone groups is 1. The van der Waals surface area contributed by atoms with Crippen molar-refractivity contribution in [3.05, 3.63) is 69.8 Å². The van der Waals surface area contributed by atoms with Crippen molar-refractivity contribution < 1.29 is 9.59 Å². The summed E-state index contributed by atoms with van der Waals surface area (Å²) in [4.78, 5) is 24.4. The molecule has 0 fully saturated rings. The lowest BCUT2D eigenvalue weighted by molar-refractivity contribution is 0.0955. The van der Waals surface area contributed by atoms with Crippen LogP contribution in [0.2, 0.25) is 0 Å². The van der Waals surface area contributed by atoms with Gasteiger partial charge in [0.15, 0.2) is 0 Å². The number of hydrogen-bond donors (Lipinski definition) is 6. The van der Waals surface area contributed by atoms with Crippen LogP contribution in [0.3, 0.4) is 0 Å². The number of carbonyl (C=O) groups excluding carboxylic acids is 2. The van der Waals surface area contributed by atoms with Gasteiger partial charge in [0.2, 0.25) is 0 Å². The largest absolute Gasteiger partial charge is 0.385 e. The van der Waals surface area contributed by atoms with Crippen LogP contribution >= 0.6 is 0 Å². The normalized spacial score (nSPS) is 13.6. The Kier molecular flexibility index (Phi) is 8.34. The molecule has 2 aromatic rings. The van der Waals surface area contributed by atoms with Crippen LogP contribution in [0.15, 0.2) is 41.5 Å². The highest BCUT2D eigenvalue weighted by Crippen LogP contribution is 2.44. The maximum Gasteiger partial charge on any atom is 0.251 e. The molecule has 2 amide bonds. The number of amides is 2. The third-order valence-corrected chi connectivity index (χ3v) is 5.63. The topological polar surface area (TPSA) is 161 Å². The van der Waals surface area contributed by atoms with Gasteiger partial charge in [0.25, 0.3) is 11.8 Å². The fourth-order valence-corrected chi connectivity index (χ4v) is 4.29. The zero-order valence-corrected chi connectivity index (χ0v) is 19.1. The Morgan fingerprint density at radius 1 is 0.969 bits per heavy atom. The number of fused-ring (bicyclic) bond motifs is 2. The van der Waals surface area contributed by atoms with E-state index in [2.05, 4.69) is 21.3 Å². The Morgan fingerprint density at radius 3 is 1.81 bits per heavy atom. The standard InChI is InChI=1S/C21H27N7O2.C2H6/c1-25-18(29)12-3-5-16-14(9-12)11-15-10-13(19(30)26-2)4-6-17(15)21(16,7-8-22)20(23)27-28-24;1-2/h3-6,9-10,28H,7-8,11,22,24H2,1-2H3,(H2,23,27)(H,25,29)(H,26,30);1-2H3. The molecule has 1 aliphatic rings. The van der Waals surface area contributed by atoms with Crippen molar-refractivity contribution in [3.8, 4) is 0 Å². The van der Waals surface area contributed by atoms with Gasteiger partial charge < -0.3 is 22.1 Å². The highest BCUT2D eigenvalue weighted by molar-refractivity contribution is 5.99. The first-order valence-corrected chi connectivity index (χ1v) is 10.6. The first-order chi connectivity index (χ1) is 15.4. The van der Waals surface area contributed by atoms with Crippen molar-refractivity contribution >= 4 is 17.6 Å². The molecule has 2 aromatic carbocycles. The summed E-state index contributed by atoms with van der Waals surface area (Å²) >= 11 is 0. The highest BCUT2D eigenvalue weighted by Gasteiger charge is 2.44. The third-order valence-electron chi connectivity index (χ3n) is 5.63. The lowest BCUT2D eigenvalue weighted by Crippen LogP contribution is -2.48. The summed E-state index contributed by atoms with van der Waals surface area (Å²) in [5.74, 6) is 5.34. The van der Waals surface area contributed by atoms with E-state index in [0.717, 1.165) is 22.3 Å². The van der Waals surface area contributed by atoms with Gasteiger partial charge in [0.05, 0.1) is 5.41 Å². The molecule has 0 saturated heterocycles. The van der Waals surface area contributed by atoms with Gasteiger partial charge in [-0.3, -0.25) is 9.59 Å². The summed E-state index contributed by atoms with van der Waals surface area (Å²) in [5, 5.41) is 9.37. The van der Waals surface area contributed by atoms with Crippen molar-refractivity contribution in [2.24, 2.45) is 22.4 Å². The zero-order chi connectivity index (χ0) is 23.9. The van der Waals surface area contributed by atoms with Crippen LogP contribution in [0.4, 0.5) is 0 Å². The number of carbonyl (C=O) groups is 2. The fourth-order valence-electron chi connectivity index (χ4n) is 4.29. The SMILES string of the molecule is CC.CNC(=O)c1ccc2c(c1)Cc1cc(C(=O)NC)ccc1C2(CCN)/C(N)=N/NN. The van der Waals surface area contributed by atoms with Crippen LogP contribution in [-0.2, 0) is 11.8 Å². The molecule has 32 heavy (non-hydrogen) atoms. The Bertz CT molecular complexity index is 952. The molecular formula is C23H33N7O2. The van der Waals surface area contributed by atoms with Crippen LogP contribution in [0.1, 0.15) is 63.2 Å². The summed E-state index contributed by atoms with van der Waals surface area (Å²) in [6, 6.07) is 11.0. The quantitative estimate of drug-likeness (QED) is 0.168. The second-order valence-corrected chi connectivity index (χ2v) is 7.15. The Balaban J connectivity index is 0.00000176. The lowest BCUT2D eigenvalue weighted by atomic mass is 9.63. The first kappa shape index (κ1) is 24.8. The predicted molar refractivity (Wildman–Crippen MR) is 127 cm³/mol. The van der Waals surface area contributed by atoms with Gasteiger partial charge in [-0.15, -0.1) is 0 Å². The number of rotatable bonds is 6. The van der Waals surface area contributed by atoms with E-state index >= 15 is 0 Å². The zero-order valence-electron chi connectivity index (χ0n) is 19.1. The average molecular weight is 440 g/mol. The van der Waals surface area contributed by atoms with Gasteiger partial charge in [0.1, 0.15) is 5.84 Å². The summed E-state index contributed by atoms with van der Waals surface area (Å²) in [7, 11) is 3.17. The summed E-state index contributed by atoms with van der Waals surface area (Å²) in [5.41, 5.74) is 18.6. The van der Waals surface area contributed by atoms with Crippen LogP contribution in [0.25, 0.3) is 0 Å². The van der Waals surface area contributed by atoms with E-state index < -0.39 is 5.41 Å². The number of benzene rings is 2. The molecule has 0 aromatic heterocycles. The van der Waals surface area contributed by atoms with Crippen molar-refractivity contribution in [2.75, 3.05) is 20.6 Å². The van der Waals surface area contributed by atoms with E-state index in [1.807, 2.05) is 38.1 Å². The van der Waals surface area contributed by atoms with Gasteiger partial charge in [-0.25, -0.2) is 11.4 Å². The maximum absolute atomic E-state index is 12.2. The smallest absolute Gasteiger partial charge is 0.251 e. The van der Waals surface area contributed by atoms with Crippen LogP contribution < -0.4 is 33.5 Å². The molecule has 0 unspecified atom stereocenters. The highest BCUT2D eigenvalue weighted by atomic mass is 16.2. The number of amidine groups is 1. The minimum absolute atomic E-state index is 0.183. The van der Waals surface area contributed by atoms with Crippen LogP contribution in [0.5, 0.6) is 0 Å². The van der Waals surface area contributed by atoms with E-state index in [9.17, 15) is 9.59 Å². The Hall–Kier alpha value is -3.43. The van der Waals surface area contributed by atoms with Gasteiger partial charge in [-0.2, -0.15) is 5.10 Å². The van der Waals surface area contributed by atoms with Gasteiger partial charge in [0, 0.05) is 25.2 Å². The fraction of sp³-hybridized carbons (Fsp3) is 0.348. The molecule has 0 aliphatic heterocycles. The molecule has 172 valence electrons. The lowest BCUT2D eigenvalue weighted by Gasteiger charge is -2.40. The minimum atomic E-state index is -0.841. The van der Waals surface area contributed by atoms with E-state index in [0.29, 0.717) is 30.5 Å². The van der Waals surface area contributed by atoms with Gasteiger partial charge >= 0.3 is 0 Å². The average Bonchev–Trinajstić information content (AvgIpc) is 2.83. The van der Waals surface area contributed by atoms with E-state index in [1.54, 1.807) is 26.2 Å². The Labute approximate surface area is 188 Å². The van der Waals surface area contributed by atoms with Crippen molar-refractivity contribution in [3.63, 3.8) is 0 Å². The number of hydrogen-bond acceptors (Lipinski definition) is 6. The molecule has 0 bridgehead atoms. The number of nitrogens with zero attached hydrogens (tertiary/aromatic N) is 1. The molecule has 0 saturated carbocycles. The number of nitrogens with two attached hydrogens (primary N) is 3. The van der Waals surface area contributed by atoms with Crippen LogP contribution in [0, 0.1) is 0 Å². The monoisotopic (exact) mass is 439 g/mol. The number of nitrogens with one attached hydrogen (secondary N) is 3. The molecule has 9 nitrogen and oxygen atoms in total. The Morgan fingerprint density at radius 2 is 1.44 bits per heavy atom. The van der Waals surface area contributed by atoms with Crippen molar-refractivity contribution in [1.29, 1.82) is 0 Å². The van der Waals surface area contributed by atoms with Gasteiger partial charge in [-0.1, -0.05) is 26.0 Å². The molecule has 0 spiro atoms. The predicted octanol–water partition coefficient (Wildman–Crippen LogP) is 0.707. The third kappa shape index (κ3) is 4.30. The molecule has 1 aliphatic carbocycles. The van der Waals surface area contributed by atoms with E-state index in [4.69, 9.17) is 17.3 Å². The van der Waals surface area contributed by atoms with E-state index in [-0.39, 0.29) is 17.6 Å². The summed E-state index contributed by atoms with van der Waals surface area (Å²) < 4.78 is 0. The summed E-state index contributed by atoms with van der Waals surface area (Å²) in [6.45, 7) is 4.34. The van der Waals surface area contributed by atoms with Gasteiger partial charge in [-0.05, 0) is 65.9 Å². The molecule has 0 radical (unpaired) electrons. The van der Waals surface area contributed by atoms with Crippen molar-refractivity contribution in [2.45, 2.75) is 32.1 Å². The molecule has 9 heteroatoms. The molecule has 9 N–H and O–H groups in total. The van der Waals surface area contributed by atoms with Crippen molar-refractivity contribution in [1.82, 2.24) is 16.2 Å². The summed E-state index contributed by atoms with van der Waals surface area (Å²) in [6.07, 6.45) is 1.01. The molecule has 3 rings (SSSR count). The molecular weight excluding hydrogens is 406 g/mol. The molecule has 0 atom stereocenters. The minimum Gasteiger partial charge on any atom is -0.385 e. The van der Waals surface area contributed by atoms with E-state index in [1.165, 1.54) is 0 Å².